The molecule has 2 N–H and O–H groups in total. The van der Waals surface area contributed by atoms with E-state index in [1.54, 1.807) is 10.8 Å². The molecule has 3 atom stereocenters. The van der Waals surface area contributed by atoms with E-state index in [0.717, 1.165) is 0 Å². The van der Waals surface area contributed by atoms with Crippen molar-refractivity contribution in [3.8, 4) is 5.88 Å². The van der Waals surface area contributed by atoms with E-state index in [9.17, 15) is 5.11 Å². The highest BCUT2D eigenvalue weighted by Crippen LogP contribution is 2.37. The Labute approximate surface area is 130 Å². The third-order valence-electron chi connectivity index (χ3n) is 3.45. The Morgan fingerprint density at radius 1 is 1.48 bits per heavy atom. The van der Waals surface area contributed by atoms with Crippen LogP contribution in [-0.2, 0) is 4.74 Å². The summed E-state index contributed by atoms with van der Waals surface area (Å²) in [6.07, 6.45) is 0.0512. The first-order valence-electron chi connectivity index (χ1n) is 6.27. The molecule has 1 saturated heterocycles. The van der Waals surface area contributed by atoms with E-state index in [4.69, 9.17) is 37.8 Å². The number of hydrogen-bond donors (Lipinski definition) is 2. The molecule has 0 radical (unpaired) electrons. The maximum absolute atomic E-state index is 9.84. The lowest BCUT2D eigenvalue weighted by atomic mass is 10.2. The number of nitrogens with zero attached hydrogens (tertiary/aromatic N) is 3. The largest absolute Gasteiger partial charge is 0.480 e. The monoisotopic (exact) mass is 333 g/mol. The van der Waals surface area contributed by atoms with E-state index in [0.29, 0.717) is 22.5 Å². The fraction of sp³-hybridized carbons (Fsp3) is 0.500. The second-order valence-electron chi connectivity index (χ2n) is 4.70. The number of methoxy groups -OCH3 is 1. The highest BCUT2D eigenvalue weighted by molar-refractivity contribution is 6.36. The van der Waals surface area contributed by atoms with Crippen LogP contribution in [0.5, 0.6) is 5.88 Å². The maximum atomic E-state index is 9.84. The standard InChI is InChI=1S/C12H13Cl2N3O4/c1-20-11-9-5(13)3-17(10(9)15-12(14)16-11)8-2-6(19)7(4-18)21-8/h3,6-8,18-19H,2,4H2,1H3/t6-,7+,8+/m0/s1. The molecule has 3 rings (SSSR count). The Balaban J connectivity index is 2.10. The van der Waals surface area contributed by atoms with Gasteiger partial charge in [-0.3, -0.25) is 0 Å². The summed E-state index contributed by atoms with van der Waals surface area (Å²) in [5.41, 5.74) is 0.452. The topological polar surface area (TPSA) is 89.6 Å². The molecule has 1 aliphatic rings. The van der Waals surface area contributed by atoms with Crippen molar-refractivity contribution >= 4 is 34.2 Å². The maximum Gasteiger partial charge on any atom is 0.228 e. The molecule has 0 amide bonds. The second-order valence-corrected chi connectivity index (χ2v) is 5.44. The molecule has 3 heterocycles. The van der Waals surface area contributed by atoms with Gasteiger partial charge in [-0.15, -0.1) is 0 Å². The molecule has 1 aliphatic heterocycles. The summed E-state index contributed by atoms with van der Waals surface area (Å²) in [6, 6.07) is 0. The van der Waals surface area contributed by atoms with E-state index >= 15 is 0 Å². The van der Waals surface area contributed by atoms with Crippen LogP contribution in [0.1, 0.15) is 12.6 Å². The van der Waals surface area contributed by atoms with Gasteiger partial charge in [0.1, 0.15) is 12.3 Å². The van der Waals surface area contributed by atoms with E-state index < -0.39 is 18.4 Å². The Morgan fingerprint density at radius 2 is 2.24 bits per heavy atom. The molecule has 9 heteroatoms. The van der Waals surface area contributed by atoms with Crippen molar-refractivity contribution in [1.29, 1.82) is 0 Å². The van der Waals surface area contributed by atoms with Crippen molar-refractivity contribution in [2.45, 2.75) is 24.9 Å². The summed E-state index contributed by atoms with van der Waals surface area (Å²) >= 11 is 12.1. The van der Waals surface area contributed by atoms with Gasteiger partial charge in [0.2, 0.25) is 11.2 Å². The van der Waals surface area contributed by atoms with Crippen LogP contribution in [0.2, 0.25) is 10.3 Å². The molecular formula is C12H13Cl2N3O4. The number of halogens is 2. The highest BCUT2D eigenvalue weighted by atomic mass is 35.5. The van der Waals surface area contributed by atoms with Crippen molar-refractivity contribution in [2.24, 2.45) is 0 Å². The highest BCUT2D eigenvalue weighted by Gasteiger charge is 2.35. The molecular weight excluding hydrogens is 321 g/mol. The molecule has 0 unspecified atom stereocenters. The Hall–Kier alpha value is -1.12. The predicted molar refractivity (Wildman–Crippen MR) is 75.7 cm³/mol. The first-order chi connectivity index (χ1) is 10.0. The Morgan fingerprint density at radius 3 is 2.86 bits per heavy atom. The second kappa shape index (κ2) is 5.58. The summed E-state index contributed by atoms with van der Waals surface area (Å²) in [5.74, 6) is 0.269. The van der Waals surface area contributed by atoms with Crippen LogP contribution in [0.4, 0.5) is 0 Å². The van der Waals surface area contributed by atoms with Crippen molar-refractivity contribution < 1.29 is 19.7 Å². The molecule has 0 bridgehead atoms. The van der Waals surface area contributed by atoms with Gasteiger partial charge in [-0.25, -0.2) is 0 Å². The van der Waals surface area contributed by atoms with Crippen LogP contribution in [0, 0.1) is 0 Å². The average molecular weight is 334 g/mol. The summed E-state index contributed by atoms with van der Waals surface area (Å²) in [6.45, 7) is -0.260. The van der Waals surface area contributed by atoms with Crippen molar-refractivity contribution in [2.75, 3.05) is 13.7 Å². The van der Waals surface area contributed by atoms with Crippen molar-refractivity contribution in [1.82, 2.24) is 14.5 Å². The van der Waals surface area contributed by atoms with E-state index in [1.807, 2.05) is 0 Å². The molecule has 0 aliphatic carbocycles. The number of fused-ring (bicyclic) bond motifs is 1. The van der Waals surface area contributed by atoms with Gasteiger partial charge in [-0.2, -0.15) is 9.97 Å². The number of aliphatic hydroxyl groups excluding tert-OH is 2. The predicted octanol–water partition coefficient (Wildman–Crippen LogP) is 1.39. The van der Waals surface area contributed by atoms with Crippen LogP contribution < -0.4 is 4.74 Å². The number of hydrogen-bond acceptors (Lipinski definition) is 6. The Bertz CT molecular complexity index is 678. The molecule has 7 nitrogen and oxygen atoms in total. The van der Waals surface area contributed by atoms with Crippen LogP contribution in [-0.4, -0.2) is 50.7 Å². The quantitative estimate of drug-likeness (QED) is 0.825. The van der Waals surface area contributed by atoms with Gasteiger partial charge in [0.05, 0.1) is 30.2 Å². The van der Waals surface area contributed by atoms with Gasteiger partial charge in [0, 0.05) is 12.6 Å². The molecule has 1 fully saturated rings. The van der Waals surface area contributed by atoms with Crippen LogP contribution >= 0.6 is 23.2 Å². The minimum absolute atomic E-state index is 0.0209. The van der Waals surface area contributed by atoms with E-state index in [-0.39, 0.29) is 17.8 Å². The molecule has 114 valence electrons. The van der Waals surface area contributed by atoms with Gasteiger partial charge in [0.15, 0.2) is 5.65 Å². The zero-order chi connectivity index (χ0) is 15.1. The molecule has 21 heavy (non-hydrogen) atoms. The Kier molecular flexibility index (Phi) is 3.94. The summed E-state index contributed by atoms with van der Waals surface area (Å²) < 4.78 is 12.4. The van der Waals surface area contributed by atoms with Crippen molar-refractivity contribution in [3.63, 3.8) is 0 Å². The van der Waals surface area contributed by atoms with Gasteiger partial charge < -0.3 is 24.3 Å². The van der Waals surface area contributed by atoms with Crippen LogP contribution in [0.25, 0.3) is 11.0 Å². The van der Waals surface area contributed by atoms with Crippen molar-refractivity contribution in [3.05, 3.63) is 16.5 Å². The first-order valence-corrected chi connectivity index (χ1v) is 7.02. The number of rotatable bonds is 3. The normalized spacial score (nSPS) is 25.7. The van der Waals surface area contributed by atoms with Gasteiger partial charge >= 0.3 is 0 Å². The van der Waals surface area contributed by atoms with Gasteiger partial charge in [0.25, 0.3) is 0 Å². The summed E-state index contributed by atoms with van der Waals surface area (Å²) in [5, 5.41) is 19.9. The zero-order valence-corrected chi connectivity index (χ0v) is 12.5. The van der Waals surface area contributed by atoms with Crippen LogP contribution in [0.3, 0.4) is 0 Å². The van der Waals surface area contributed by atoms with Crippen LogP contribution in [0.15, 0.2) is 6.20 Å². The lowest BCUT2D eigenvalue weighted by Gasteiger charge is -2.14. The molecule has 0 spiro atoms. The first kappa shape index (κ1) is 14.8. The molecule has 0 aromatic carbocycles. The third kappa shape index (κ3) is 2.45. The smallest absolute Gasteiger partial charge is 0.228 e. The lowest BCUT2D eigenvalue weighted by molar-refractivity contribution is -0.0430. The van der Waals surface area contributed by atoms with Gasteiger partial charge in [-0.1, -0.05) is 11.6 Å². The zero-order valence-electron chi connectivity index (χ0n) is 11.0. The van der Waals surface area contributed by atoms with E-state index in [2.05, 4.69) is 9.97 Å². The fourth-order valence-corrected chi connectivity index (χ4v) is 2.89. The van der Waals surface area contributed by atoms with E-state index in [1.165, 1.54) is 7.11 Å². The number of ether oxygens (including phenoxy) is 2. The molecule has 2 aromatic heterocycles. The average Bonchev–Trinajstić information content (AvgIpc) is 2.98. The SMILES string of the molecule is COc1nc(Cl)nc2c1c(Cl)cn2[C@H]1C[C@H](O)[C@@H](CO)O1. The minimum Gasteiger partial charge on any atom is -0.480 e. The van der Waals surface area contributed by atoms with Gasteiger partial charge in [-0.05, 0) is 11.6 Å². The fourth-order valence-electron chi connectivity index (χ4n) is 2.46. The number of aromatic nitrogens is 3. The summed E-state index contributed by atoms with van der Waals surface area (Å²) in [7, 11) is 1.46. The third-order valence-corrected chi connectivity index (χ3v) is 3.91. The lowest BCUT2D eigenvalue weighted by Crippen LogP contribution is -2.24. The number of aliphatic hydroxyl groups is 2. The summed E-state index contributed by atoms with van der Waals surface area (Å²) in [4.78, 5) is 8.13. The molecule has 0 saturated carbocycles. The molecule has 2 aromatic rings. The minimum atomic E-state index is -0.754.